The average molecular weight is 672 g/mol. The number of benzene rings is 7. The summed E-state index contributed by atoms with van der Waals surface area (Å²) in [5.74, 6) is 1.88. The fourth-order valence-electron chi connectivity index (χ4n) is 7.27. The minimum atomic E-state index is 0.617. The van der Waals surface area contributed by atoms with Gasteiger partial charge in [-0.2, -0.15) is 0 Å². The zero-order chi connectivity index (χ0) is 33.5. The van der Waals surface area contributed by atoms with Crippen molar-refractivity contribution in [2.75, 3.05) is 0 Å². The maximum Gasteiger partial charge on any atom is 0.164 e. The summed E-state index contributed by atoms with van der Waals surface area (Å²) in [6.45, 7) is 0. The summed E-state index contributed by atoms with van der Waals surface area (Å²) in [6, 6.07) is 52.2. The van der Waals surface area contributed by atoms with E-state index in [9.17, 15) is 0 Å². The Bertz CT molecular complexity index is 3160. The van der Waals surface area contributed by atoms with E-state index in [2.05, 4.69) is 78.9 Å². The molecule has 6 heteroatoms. The van der Waals surface area contributed by atoms with E-state index in [0.29, 0.717) is 17.5 Å². The maximum absolute atomic E-state index is 6.38. The van der Waals surface area contributed by atoms with Gasteiger partial charge in [0.15, 0.2) is 17.5 Å². The molecular weight excluding hydrogens is 647 g/mol. The summed E-state index contributed by atoms with van der Waals surface area (Å²) < 4.78 is 14.9. The summed E-state index contributed by atoms with van der Waals surface area (Å²) in [6.07, 6.45) is 0. The summed E-state index contributed by atoms with van der Waals surface area (Å²) in [5.41, 5.74) is 8.53. The van der Waals surface area contributed by atoms with E-state index in [-0.39, 0.29) is 0 Å². The highest BCUT2D eigenvalue weighted by Gasteiger charge is 2.17. The monoisotopic (exact) mass is 671 g/mol. The van der Waals surface area contributed by atoms with Crippen LogP contribution in [0.5, 0.6) is 0 Å². The molecule has 238 valence electrons. The lowest BCUT2D eigenvalue weighted by atomic mass is 10.00. The van der Waals surface area contributed by atoms with Crippen molar-refractivity contribution in [1.82, 2.24) is 15.0 Å². The molecule has 0 amide bonds. The van der Waals surface area contributed by atoms with Crippen LogP contribution in [0.3, 0.4) is 0 Å². The topological polar surface area (TPSA) is 65.0 Å². The van der Waals surface area contributed by atoms with Gasteiger partial charge in [0.1, 0.15) is 22.3 Å². The van der Waals surface area contributed by atoms with E-state index in [1.165, 1.54) is 20.2 Å². The van der Waals surface area contributed by atoms with Gasteiger partial charge < -0.3 is 8.83 Å². The lowest BCUT2D eigenvalue weighted by molar-refractivity contribution is 0.669. The van der Waals surface area contributed by atoms with Gasteiger partial charge in [-0.15, -0.1) is 11.3 Å². The predicted molar refractivity (Wildman–Crippen MR) is 209 cm³/mol. The Morgan fingerprint density at radius 3 is 1.78 bits per heavy atom. The fourth-order valence-corrected chi connectivity index (χ4v) is 8.40. The van der Waals surface area contributed by atoms with Crippen LogP contribution in [0, 0.1) is 0 Å². The van der Waals surface area contributed by atoms with Gasteiger partial charge in [0.05, 0.1) is 0 Å². The van der Waals surface area contributed by atoms with E-state index in [4.69, 9.17) is 23.8 Å². The summed E-state index contributed by atoms with van der Waals surface area (Å²) in [4.78, 5) is 15.1. The Balaban J connectivity index is 1.05. The molecule has 5 nitrogen and oxygen atoms in total. The quantitative estimate of drug-likeness (QED) is 0.186. The van der Waals surface area contributed by atoms with Gasteiger partial charge in [0, 0.05) is 64.0 Å². The molecule has 0 atom stereocenters. The Hall–Kier alpha value is -6.63. The summed E-state index contributed by atoms with van der Waals surface area (Å²) in [7, 11) is 0. The number of rotatable bonds is 4. The third-order valence-corrected chi connectivity index (χ3v) is 10.9. The van der Waals surface area contributed by atoms with Crippen molar-refractivity contribution in [2.24, 2.45) is 0 Å². The SMILES string of the molecule is c1ccc(-c2nc(-c3ccc4c(c3)sc3ccc(-c5cccc6c5oc5ccccc56)cc34)nc(-c3ccc4oc5ccccc5c4c3)n2)cc1. The highest BCUT2D eigenvalue weighted by Crippen LogP contribution is 2.41. The van der Waals surface area contributed by atoms with Gasteiger partial charge in [0.2, 0.25) is 0 Å². The number of nitrogens with zero attached hydrogens (tertiary/aromatic N) is 3. The largest absolute Gasteiger partial charge is 0.456 e. The molecule has 4 aromatic heterocycles. The van der Waals surface area contributed by atoms with Crippen molar-refractivity contribution in [3.05, 3.63) is 152 Å². The lowest BCUT2D eigenvalue weighted by Gasteiger charge is -2.09. The molecule has 0 fully saturated rings. The molecule has 0 unspecified atom stereocenters. The van der Waals surface area contributed by atoms with Crippen LogP contribution in [-0.2, 0) is 0 Å². The maximum atomic E-state index is 6.38. The van der Waals surface area contributed by atoms with Crippen molar-refractivity contribution in [1.29, 1.82) is 0 Å². The van der Waals surface area contributed by atoms with Gasteiger partial charge in [-0.25, -0.2) is 15.0 Å². The number of fused-ring (bicyclic) bond motifs is 9. The highest BCUT2D eigenvalue weighted by molar-refractivity contribution is 7.25. The first-order valence-electron chi connectivity index (χ1n) is 16.8. The van der Waals surface area contributed by atoms with Crippen LogP contribution in [-0.4, -0.2) is 15.0 Å². The second-order valence-corrected chi connectivity index (χ2v) is 13.9. The van der Waals surface area contributed by atoms with Crippen LogP contribution in [0.15, 0.2) is 160 Å². The van der Waals surface area contributed by atoms with Gasteiger partial charge in [-0.3, -0.25) is 0 Å². The van der Waals surface area contributed by atoms with Gasteiger partial charge in [-0.05, 0) is 54.1 Å². The van der Waals surface area contributed by atoms with E-state index in [0.717, 1.165) is 71.7 Å². The van der Waals surface area contributed by atoms with Crippen LogP contribution >= 0.6 is 11.3 Å². The molecule has 0 saturated carbocycles. The molecule has 0 aliphatic heterocycles. The van der Waals surface area contributed by atoms with Crippen LogP contribution in [0.1, 0.15) is 0 Å². The third kappa shape index (κ3) is 4.50. The predicted octanol–water partition coefficient (Wildman–Crippen LogP) is 12.7. The minimum absolute atomic E-state index is 0.617. The van der Waals surface area contributed by atoms with Gasteiger partial charge in [0.25, 0.3) is 0 Å². The van der Waals surface area contributed by atoms with Crippen LogP contribution in [0.2, 0.25) is 0 Å². The standard InChI is InChI=1S/C45H25N3O2S/c1-2-9-26(10-3-1)43-46-44(28-18-21-39-35(24-28)32-12-5-6-15-37(32)49-39)48-45(47-43)29-17-20-33-36-23-27(19-22-40(36)51-41(33)25-29)30-13-8-14-34-31-11-4-7-16-38(31)50-42(30)34/h1-25H. The molecular formula is C45H25N3O2S. The normalized spacial score (nSPS) is 11.9. The lowest BCUT2D eigenvalue weighted by Crippen LogP contribution is -2.00. The molecule has 11 aromatic rings. The van der Waals surface area contributed by atoms with Crippen LogP contribution in [0.4, 0.5) is 0 Å². The molecule has 0 aliphatic carbocycles. The molecule has 0 N–H and O–H groups in total. The molecule has 0 aliphatic rings. The third-order valence-electron chi connectivity index (χ3n) is 9.75. The Labute approximate surface area is 295 Å². The second kappa shape index (κ2) is 10.9. The zero-order valence-corrected chi connectivity index (χ0v) is 27.8. The summed E-state index contributed by atoms with van der Waals surface area (Å²) >= 11 is 1.78. The molecule has 0 spiro atoms. The first-order valence-corrected chi connectivity index (χ1v) is 17.7. The molecule has 0 radical (unpaired) electrons. The molecule has 4 heterocycles. The van der Waals surface area contributed by atoms with Crippen molar-refractivity contribution >= 4 is 75.4 Å². The van der Waals surface area contributed by atoms with Crippen LogP contribution < -0.4 is 0 Å². The second-order valence-electron chi connectivity index (χ2n) is 12.8. The Morgan fingerprint density at radius 2 is 0.961 bits per heavy atom. The molecule has 7 aromatic carbocycles. The van der Waals surface area contributed by atoms with Crippen molar-refractivity contribution in [3.63, 3.8) is 0 Å². The van der Waals surface area contributed by atoms with Gasteiger partial charge in [-0.1, -0.05) is 103 Å². The molecule has 11 rings (SSSR count). The number of thiophene rings is 1. The minimum Gasteiger partial charge on any atom is -0.456 e. The van der Waals surface area contributed by atoms with E-state index < -0.39 is 0 Å². The zero-order valence-electron chi connectivity index (χ0n) is 27.0. The van der Waals surface area contributed by atoms with Crippen molar-refractivity contribution in [3.8, 4) is 45.3 Å². The van der Waals surface area contributed by atoms with E-state index in [1.807, 2.05) is 72.8 Å². The fraction of sp³-hybridized carbons (Fsp3) is 0. The Kier molecular flexibility index (Phi) is 6.05. The molecule has 0 bridgehead atoms. The van der Waals surface area contributed by atoms with E-state index in [1.54, 1.807) is 11.3 Å². The van der Waals surface area contributed by atoms with Gasteiger partial charge >= 0.3 is 0 Å². The molecule has 51 heavy (non-hydrogen) atoms. The number of hydrogen-bond donors (Lipinski definition) is 0. The highest BCUT2D eigenvalue weighted by atomic mass is 32.1. The smallest absolute Gasteiger partial charge is 0.164 e. The Morgan fingerprint density at radius 1 is 0.353 bits per heavy atom. The number of furan rings is 2. The number of aromatic nitrogens is 3. The van der Waals surface area contributed by atoms with Crippen molar-refractivity contribution < 1.29 is 8.83 Å². The van der Waals surface area contributed by atoms with Crippen molar-refractivity contribution in [2.45, 2.75) is 0 Å². The first-order chi connectivity index (χ1) is 25.2. The number of para-hydroxylation sites is 3. The van der Waals surface area contributed by atoms with E-state index >= 15 is 0 Å². The summed E-state index contributed by atoms with van der Waals surface area (Å²) in [5, 5.41) is 6.79. The average Bonchev–Trinajstić information content (AvgIpc) is 3.88. The first kappa shape index (κ1) is 28.2. The molecule has 0 saturated heterocycles. The number of hydrogen-bond acceptors (Lipinski definition) is 6. The van der Waals surface area contributed by atoms with Crippen LogP contribution in [0.25, 0.3) is 109 Å².